The SMILES string of the molecule is CCC1=[C]([Ti+2][CH]2c3ccccc3-c3ccccc32)CC=C1.[Cl-].[Cl-]. The largest absolute Gasteiger partial charge is 1.00 e. The number of hydrogen-bond donors (Lipinski definition) is 0. The first kappa shape index (κ1) is 18.6. The summed E-state index contributed by atoms with van der Waals surface area (Å²) in [5, 5.41) is 0. The molecule has 2 aromatic carbocycles. The predicted octanol–water partition coefficient (Wildman–Crippen LogP) is -0.529. The quantitative estimate of drug-likeness (QED) is 0.632. The van der Waals surface area contributed by atoms with Crippen molar-refractivity contribution >= 4 is 0 Å². The van der Waals surface area contributed by atoms with E-state index in [1.807, 2.05) is 0 Å². The molecular formula is C20H18Cl2Ti. The second kappa shape index (κ2) is 7.86. The Balaban J connectivity index is 0.000000960. The van der Waals surface area contributed by atoms with Gasteiger partial charge in [0.2, 0.25) is 0 Å². The van der Waals surface area contributed by atoms with Gasteiger partial charge in [0.05, 0.1) is 0 Å². The third-order valence-electron chi connectivity index (χ3n) is 4.56. The number of fused-ring (bicyclic) bond motifs is 3. The molecule has 0 heterocycles. The summed E-state index contributed by atoms with van der Waals surface area (Å²) in [5.74, 6) is 0. The van der Waals surface area contributed by atoms with Crippen molar-refractivity contribution in [1.29, 1.82) is 0 Å². The third kappa shape index (κ3) is 3.23. The zero-order chi connectivity index (χ0) is 14.2. The molecule has 0 saturated carbocycles. The van der Waals surface area contributed by atoms with Gasteiger partial charge in [0.25, 0.3) is 0 Å². The Labute approximate surface area is 159 Å². The summed E-state index contributed by atoms with van der Waals surface area (Å²) in [7, 11) is 0. The normalized spacial score (nSPS) is 14.7. The van der Waals surface area contributed by atoms with Crippen LogP contribution in [0.25, 0.3) is 11.1 Å². The fraction of sp³-hybridized carbons (Fsp3) is 0.200. The minimum atomic E-state index is -0.148. The number of allylic oxidation sites excluding steroid dienone is 4. The first-order chi connectivity index (χ1) is 10.4. The molecule has 2 aliphatic rings. The van der Waals surface area contributed by atoms with Crippen LogP contribution in [0.3, 0.4) is 0 Å². The van der Waals surface area contributed by atoms with Crippen molar-refractivity contribution in [3.63, 3.8) is 0 Å². The monoisotopic (exact) mass is 376 g/mol. The summed E-state index contributed by atoms with van der Waals surface area (Å²) in [6.45, 7) is 2.29. The molecule has 23 heavy (non-hydrogen) atoms. The van der Waals surface area contributed by atoms with Crippen molar-refractivity contribution in [1.82, 2.24) is 0 Å². The summed E-state index contributed by atoms with van der Waals surface area (Å²) in [4.78, 5) is 0. The van der Waals surface area contributed by atoms with E-state index >= 15 is 0 Å². The van der Waals surface area contributed by atoms with E-state index in [0.29, 0.717) is 4.22 Å². The molecule has 0 atom stereocenters. The van der Waals surface area contributed by atoms with Crippen LogP contribution in [0, 0.1) is 0 Å². The molecule has 0 unspecified atom stereocenters. The molecule has 4 rings (SSSR count). The van der Waals surface area contributed by atoms with Gasteiger partial charge in [0.15, 0.2) is 0 Å². The number of benzene rings is 2. The van der Waals surface area contributed by atoms with Crippen LogP contribution in [0.1, 0.15) is 35.1 Å². The average Bonchev–Trinajstić information content (AvgIpc) is 3.11. The van der Waals surface area contributed by atoms with E-state index in [9.17, 15) is 0 Å². The number of hydrogen-bond acceptors (Lipinski definition) is 0. The fourth-order valence-corrected chi connectivity index (χ4v) is 6.40. The Morgan fingerprint density at radius 1 is 0.913 bits per heavy atom. The topological polar surface area (TPSA) is 0 Å². The molecule has 0 amide bonds. The maximum absolute atomic E-state index is 2.35. The Hall–Kier alpha value is -0.786. The van der Waals surface area contributed by atoms with E-state index in [1.165, 1.54) is 24.0 Å². The summed E-state index contributed by atoms with van der Waals surface area (Å²) >= 11 is -0.148. The van der Waals surface area contributed by atoms with Crippen LogP contribution in [-0.4, -0.2) is 0 Å². The third-order valence-corrected chi connectivity index (χ3v) is 7.35. The van der Waals surface area contributed by atoms with E-state index in [2.05, 4.69) is 67.6 Å². The molecule has 2 aliphatic carbocycles. The second-order valence-corrected chi connectivity index (χ2v) is 8.01. The molecule has 3 heteroatoms. The summed E-state index contributed by atoms with van der Waals surface area (Å²) in [5.41, 5.74) is 7.66. The Morgan fingerprint density at radius 3 is 2.04 bits per heavy atom. The number of rotatable bonds is 3. The van der Waals surface area contributed by atoms with Gasteiger partial charge in [-0.25, -0.2) is 0 Å². The van der Waals surface area contributed by atoms with E-state index in [-0.39, 0.29) is 44.0 Å². The predicted molar refractivity (Wildman–Crippen MR) is 84.8 cm³/mol. The van der Waals surface area contributed by atoms with Crippen molar-refractivity contribution in [2.24, 2.45) is 0 Å². The van der Waals surface area contributed by atoms with E-state index in [4.69, 9.17) is 0 Å². The minimum absolute atomic E-state index is 0. The van der Waals surface area contributed by atoms with Gasteiger partial charge in [-0.15, -0.1) is 0 Å². The Bertz CT molecular complexity index is 716. The smallest absolute Gasteiger partial charge is 1.00 e. The molecule has 0 N–H and O–H groups in total. The molecule has 116 valence electrons. The molecule has 0 nitrogen and oxygen atoms in total. The summed E-state index contributed by atoms with van der Waals surface area (Å²) < 4.78 is 2.42. The molecule has 0 saturated heterocycles. The van der Waals surface area contributed by atoms with Gasteiger partial charge in [-0.2, -0.15) is 0 Å². The maximum Gasteiger partial charge on any atom is -1.00 e. The van der Waals surface area contributed by atoms with Crippen LogP contribution in [0.4, 0.5) is 0 Å². The molecule has 0 radical (unpaired) electrons. The van der Waals surface area contributed by atoms with Crippen molar-refractivity contribution in [2.45, 2.75) is 24.0 Å². The molecule has 0 aromatic heterocycles. The average molecular weight is 377 g/mol. The molecular weight excluding hydrogens is 359 g/mol. The van der Waals surface area contributed by atoms with Gasteiger partial charge < -0.3 is 24.8 Å². The molecule has 0 fully saturated rings. The zero-order valence-corrected chi connectivity index (χ0v) is 16.1. The van der Waals surface area contributed by atoms with Crippen molar-refractivity contribution in [3.05, 3.63) is 81.3 Å². The van der Waals surface area contributed by atoms with Gasteiger partial charge in [0, 0.05) is 0 Å². The first-order valence-corrected chi connectivity index (χ1v) is 9.40. The van der Waals surface area contributed by atoms with Crippen molar-refractivity contribution in [3.8, 4) is 11.1 Å². The van der Waals surface area contributed by atoms with Crippen LogP contribution in [0.15, 0.2) is 70.1 Å². The fourth-order valence-electron chi connectivity index (χ4n) is 3.52. The molecule has 2 aromatic rings. The van der Waals surface area contributed by atoms with E-state index < -0.39 is 0 Å². The van der Waals surface area contributed by atoms with Crippen LogP contribution < -0.4 is 24.8 Å². The zero-order valence-electron chi connectivity index (χ0n) is 13.0. The van der Waals surface area contributed by atoms with E-state index in [1.54, 1.807) is 20.6 Å². The maximum atomic E-state index is 2.35. The molecule has 0 spiro atoms. The van der Waals surface area contributed by atoms with Gasteiger partial charge in [-0.3, -0.25) is 0 Å². The number of halogens is 2. The van der Waals surface area contributed by atoms with Crippen LogP contribution >= 0.6 is 0 Å². The Kier molecular flexibility index (Phi) is 6.34. The minimum Gasteiger partial charge on any atom is -1.00 e. The summed E-state index contributed by atoms with van der Waals surface area (Å²) in [6.07, 6.45) is 7.09. The Morgan fingerprint density at radius 2 is 1.48 bits per heavy atom. The molecule has 0 aliphatic heterocycles. The molecule has 0 bridgehead atoms. The second-order valence-electron chi connectivity index (χ2n) is 5.72. The van der Waals surface area contributed by atoms with Gasteiger partial charge in [0.1, 0.15) is 0 Å². The van der Waals surface area contributed by atoms with Crippen LogP contribution in [0.5, 0.6) is 0 Å². The van der Waals surface area contributed by atoms with Crippen molar-refractivity contribution < 1.29 is 44.0 Å². The first-order valence-electron chi connectivity index (χ1n) is 7.72. The van der Waals surface area contributed by atoms with Gasteiger partial charge in [-0.05, 0) is 0 Å². The van der Waals surface area contributed by atoms with Gasteiger partial charge >= 0.3 is 136 Å². The van der Waals surface area contributed by atoms with Crippen molar-refractivity contribution in [2.75, 3.05) is 0 Å². The van der Waals surface area contributed by atoms with Gasteiger partial charge in [-0.1, -0.05) is 0 Å². The standard InChI is InChI=1S/C13H9.C7H9.2ClH.Ti/c1-3-7-12-10(5-1)9-11-6-2-4-8-13(11)12;1-2-7-5-3-4-6-7;;;/h1-9H;3,5H,2,4H2,1H3;2*1H;/q;;;;+2/p-2. The van der Waals surface area contributed by atoms with Crippen LogP contribution in [-0.2, 0) is 19.2 Å². The van der Waals surface area contributed by atoms with E-state index in [0.717, 1.165) is 0 Å². The van der Waals surface area contributed by atoms with Crippen LogP contribution in [0.2, 0.25) is 0 Å². The summed E-state index contributed by atoms with van der Waals surface area (Å²) in [6, 6.07) is 18.0.